The van der Waals surface area contributed by atoms with Crippen LogP contribution in [0.3, 0.4) is 0 Å². The lowest BCUT2D eigenvalue weighted by atomic mass is 10.0. The van der Waals surface area contributed by atoms with Gasteiger partial charge in [0.05, 0.1) is 28.1 Å². The van der Waals surface area contributed by atoms with Gasteiger partial charge in [0.15, 0.2) is 0 Å². The smallest absolute Gasteiger partial charge is 0.0933 e. The van der Waals surface area contributed by atoms with Gasteiger partial charge in [-0.3, -0.25) is 9.67 Å². The van der Waals surface area contributed by atoms with Crippen molar-refractivity contribution in [2.75, 3.05) is 7.05 Å². The molecule has 0 amide bonds. The second-order valence-electron chi connectivity index (χ2n) is 4.12. The van der Waals surface area contributed by atoms with E-state index in [9.17, 15) is 0 Å². The third-order valence-electron chi connectivity index (χ3n) is 3.08. The maximum Gasteiger partial charge on any atom is 0.0933 e. The monoisotopic (exact) mass is 308 g/mol. The highest BCUT2D eigenvalue weighted by atomic mass is 79.9. The lowest BCUT2D eigenvalue weighted by Gasteiger charge is -2.19. The summed E-state index contributed by atoms with van der Waals surface area (Å²) >= 11 is 3.55. The van der Waals surface area contributed by atoms with E-state index < -0.39 is 0 Å². The average Bonchev–Trinajstić information content (AvgIpc) is 2.72. The summed E-state index contributed by atoms with van der Waals surface area (Å²) in [4.78, 5) is 4.53. The van der Waals surface area contributed by atoms with Gasteiger partial charge in [0.1, 0.15) is 0 Å². The van der Waals surface area contributed by atoms with Gasteiger partial charge in [-0.15, -0.1) is 0 Å². The van der Waals surface area contributed by atoms with Gasteiger partial charge in [-0.2, -0.15) is 5.10 Å². The molecular formula is C13H17BrN4. The van der Waals surface area contributed by atoms with Crippen LogP contribution in [0.5, 0.6) is 0 Å². The van der Waals surface area contributed by atoms with Crippen molar-refractivity contribution >= 4 is 15.9 Å². The van der Waals surface area contributed by atoms with Crippen LogP contribution in [0.4, 0.5) is 0 Å². The summed E-state index contributed by atoms with van der Waals surface area (Å²) in [6.45, 7) is 2.14. The second-order valence-corrected chi connectivity index (χ2v) is 4.98. The number of aryl methyl sites for hydroxylation is 2. The highest BCUT2D eigenvalue weighted by molar-refractivity contribution is 9.10. The van der Waals surface area contributed by atoms with Crippen molar-refractivity contribution in [3.63, 3.8) is 0 Å². The average molecular weight is 309 g/mol. The first-order chi connectivity index (χ1) is 8.69. The summed E-state index contributed by atoms with van der Waals surface area (Å²) in [5.74, 6) is 0. The molecule has 0 aliphatic heterocycles. The Bertz CT molecular complexity index is 516. The van der Waals surface area contributed by atoms with Crippen LogP contribution in [0.1, 0.15) is 29.9 Å². The predicted octanol–water partition coefficient (Wildman–Crippen LogP) is 2.45. The molecule has 1 atom stereocenters. The van der Waals surface area contributed by atoms with Gasteiger partial charge >= 0.3 is 0 Å². The van der Waals surface area contributed by atoms with Crippen molar-refractivity contribution in [1.82, 2.24) is 20.1 Å². The molecule has 1 unspecified atom stereocenters. The SMILES string of the molecule is CCc1cccnc1C(NC)c1c(Br)cnn1C. The van der Waals surface area contributed by atoms with Gasteiger partial charge in [0, 0.05) is 13.2 Å². The van der Waals surface area contributed by atoms with E-state index in [0.717, 1.165) is 22.3 Å². The Kier molecular flexibility index (Phi) is 4.14. The van der Waals surface area contributed by atoms with Crippen LogP contribution in [0.25, 0.3) is 0 Å². The van der Waals surface area contributed by atoms with E-state index in [-0.39, 0.29) is 6.04 Å². The highest BCUT2D eigenvalue weighted by Crippen LogP contribution is 2.28. The molecule has 18 heavy (non-hydrogen) atoms. The number of halogens is 1. The molecule has 4 nitrogen and oxygen atoms in total. The molecule has 0 radical (unpaired) electrons. The normalized spacial score (nSPS) is 12.7. The zero-order valence-corrected chi connectivity index (χ0v) is 12.4. The molecule has 2 aromatic heterocycles. The molecule has 0 aliphatic rings. The molecule has 0 bridgehead atoms. The van der Waals surface area contributed by atoms with Gasteiger partial charge < -0.3 is 5.32 Å². The molecule has 0 aliphatic carbocycles. The fourth-order valence-electron chi connectivity index (χ4n) is 2.16. The highest BCUT2D eigenvalue weighted by Gasteiger charge is 2.22. The minimum Gasteiger partial charge on any atom is -0.307 e. The Balaban J connectivity index is 2.52. The first-order valence-electron chi connectivity index (χ1n) is 5.97. The molecule has 1 N–H and O–H groups in total. The molecule has 0 spiro atoms. The fraction of sp³-hybridized carbons (Fsp3) is 0.385. The van der Waals surface area contributed by atoms with Crippen LogP contribution in [-0.4, -0.2) is 21.8 Å². The van der Waals surface area contributed by atoms with Crippen LogP contribution in [0, 0.1) is 0 Å². The van der Waals surface area contributed by atoms with Gasteiger partial charge in [-0.1, -0.05) is 13.0 Å². The molecule has 0 aromatic carbocycles. The molecule has 2 heterocycles. The van der Waals surface area contributed by atoms with Crippen LogP contribution in [0.15, 0.2) is 29.0 Å². The number of hydrogen-bond donors (Lipinski definition) is 1. The van der Waals surface area contributed by atoms with E-state index in [2.05, 4.69) is 44.3 Å². The largest absolute Gasteiger partial charge is 0.307 e. The van der Waals surface area contributed by atoms with E-state index in [1.54, 1.807) is 0 Å². The summed E-state index contributed by atoms with van der Waals surface area (Å²) in [7, 11) is 3.89. The molecule has 2 aromatic rings. The molecule has 0 saturated heterocycles. The van der Waals surface area contributed by atoms with Crippen molar-refractivity contribution < 1.29 is 0 Å². The van der Waals surface area contributed by atoms with Gasteiger partial charge in [-0.05, 0) is 41.0 Å². The van der Waals surface area contributed by atoms with E-state index >= 15 is 0 Å². The lowest BCUT2D eigenvalue weighted by molar-refractivity contribution is 0.587. The molecule has 0 saturated carbocycles. The predicted molar refractivity (Wildman–Crippen MR) is 75.4 cm³/mol. The van der Waals surface area contributed by atoms with E-state index in [1.165, 1.54) is 5.56 Å². The third kappa shape index (κ3) is 2.33. The third-order valence-corrected chi connectivity index (χ3v) is 3.69. The Morgan fingerprint density at radius 3 is 2.83 bits per heavy atom. The lowest BCUT2D eigenvalue weighted by Crippen LogP contribution is -2.23. The van der Waals surface area contributed by atoms with E-state index in [4.69, 9.17) is 0 Å². The zero-order valence-electron chi connectivity index (χ0n) is 10.8. The summed E-state index contributed by atoms with van der Waals surface area (Å²) in [6, 6.07) is 4.15. The van der Waals surface area contributed by atoms with Crippen LogP contribution in [0.2, 0.25) is 0 Å². The minimum absolute atomic E-state index is 0.0445. The van der Waals surface area contributed by atoms with Gasteiger partial charge in [0.2, 0.25) is 0 Å². The first kappa shape index (κ1) is 13.2. The standard InChI is InChI=1S/C13H17BrN4/c1-4-9-6-5-7-16-11(9)12(15-2)13-10(14)8-17-18(13)3/h5-8,12,15H,4H2,1-3H3. The zero-order chi connectivity index (χ0) is 13.1. The number of pyridine rings is 1. The van der Waals surface area contributed by atoms with E-state index in [1.807, 2.05) is 37.2 Å². The quantitative estimate of drug-likeness (QED) is 0.943. The van der Waals surface area contributed by atoms with Crippen LogP contribution < -0.4 is 5.32 Å². The Labute approximate surface area is 116 Å². The minimum atomic E-state index is 0.0445. The van der Waals surface area contributed by atoms with Crippen molar-refractivity contribution in [3.8, 4) is 0 Å². The van der Waals surface area contributed by atoms with Crippen molar-refractivity contribution in [1.29, 1.82) is 0 Å². The maximum absolute atomic E-state index is 4.53. The van der Waals surface area contributed by atoms with Crippen molar-refractivity contribution in [2.45, 2.75) is 19.4 Å². The molecule has 0 fully saturated rings. The summed E-state index contributed by atoms with van der Waals surface area (Å²) in [6.07, 6.45) is 4.62. The summed E-state index contributed by atoms with van der Waals surface area (Å²) < 4.78 is 2.87. The van der Waals surface area contributed by atoms with Crippen molar-refractivity contribution in [3.05, 3.63) is 46.0 Å². The maximum atomic E-state index is 4.53. The number of nitrogens with one attached hydrogen (secondary N) is 1. The topological polar surface area (TPSA) is 42.7 Å². The number of hydrogen-bond acceptors (Lipinski definition) is 3. The second kappa shape index (κ2) is 5.63. The van der Waals surface area contributed by atoms with Crippen LogP contribution >= 0.6 is 15.9 Å². The molecule has 2 rings (SSSR count). The Morgan fingerprint density at radius 1 is 1.50 bits per heavy atom. The Hall–Kier alpha value is -1.20. The Morgan fingerprint density at radius 2 is 2.28 bits per heavy atom. The van der Waals surface area contributed by atoms with Gasteiger partial charge in [-0.25, -0.2) is 0 Å². The summed E-state index contributed by atoms with van der Waals surface area (Å²) in [5.41, 5.74) is 3.41. The van der Waals surface area contributed by atoms with Gasteiger partial charge in [0.25, 0.3) is 0 Å². The summed E-state index contributed by atoms with van der Waals surface area (Å²) in [5, 5.41) is 7.59. The molecule has 96 valence electrons. The fourth-order valence-corrected chi connectivity index (χ4v) is 2.73. The van der Waals surface area contributed by atoms with Crippen molar-refractivity contribution in [2.24, 2.45) is 7.05 Å². The number of nitrogens with zero attached hydrogens (tertiary/aromatic N) is 3. The van der Waals surface area contributed by atoms with Crippen LogP contribution in [-0.2, 0) is 13.5 Å². The first-order valence-corrected chi connectivity index (χ1v) is 6.76. The number of aromatic nitrogens is 3. The molecule has 5 heteroatoms. The number of rotatable bonds is 4. The van der Waals surface area contributed by atoms with E-state index in [0.29, 0.717) is 0 Å². The molecular weight excluding hydrogens is 292 g/mol.